The van der Waals surface area contributed by atoms with Gasteiger partial charge in [0.15, 0.2) is 0 Å². The Hall–Kier alpha value is 1.32. The normalized spacial score (nSPS) is 8.55. The van der Waals surface area contributed by atoms with Crippen LogP contribution in [0.4, 0.5) is 0 Å². The van der Waals surface area contributed by atoms with E-state index in [2.05, 4.69) is 10.3 Å². The Kier molecular flexibility index (Phi) is 12.7. The summed E-state index contributed by atoms with van der Waals surface area (Å²) in [5.41, 5.74) is 0. The molecule has 0 fully saturated rings. The minimum absolute atomic E-state index is 0. The minimum atomic E-state index is 0. The molecule has 0 heterocycles. The Morgan fingerprint density at radius 3 is 1.45 bits per heavy atom. The van der Waals surface area contributed by atoms with Gasteiger partial charge in [0.1, 0.15) is 32.3 Å². The molecule has 0 saturated carbocycles. The Morgan fingerprint density at radius 2 is 1.27 bits per heavy atom. The molecule has 0 aliphatic carbocycles. The molecule has 0 aromatic heterocycles. The third-order valence-corrected chi connectivity index (χ3v) is 3.02. The van der Waals surface area contributed by atoms with Gasteiger partial charge in [0.25, 0.3) is 0 Å². The van der Waals surface area contributed by atoms with Crippen molar-refractivity contribution in [3.8, 4) is 0 Å². The van der Waals surface area contributed by atoms with Crippen LogP contribution in [0.5, 0.6) is 0 Å². The van der Waals surface area contributed by atoms with Crippen molar-refractivity contribution in [2.45, 2.75) is 12.8 Å². The summed E-state index contributed by atoms with van der Waals surface area (Å²) in [4.78, 5) is 0. The van der Waals surface area contributed by atoms with Crippen LogP contribution in [0.3, 0.4) is 0 Å². The van der Waals surface area contributed by atoms with Gasteiger partial charge >= 0.3 is 0 Å². The zero-order chi connectivity index (χ0) is 7.98. The van der Waals surface area contributed by atoms with E-state index in [9.17, 15) is 0 Å². The third-order valence-electron chi connectivity index (χ3n) is 0.855. The van der Waals surface area contributed by atoms with Crippen molar-refractivity contribution in [2.24, 2.45) is 0 Å². The van der Waals surface area contributed by atoms with Crippen molar-refractivity contribution in [3.05, 3.63) is 0 Å². The zero-order valence-corrected chi connectivity index (χ0v) is 10.3. The van der Waals surface area contributed by atoms with Gasteiger partial charge in [0.05, 0.1) is 0 Å². The van der Waals surface area contributed by atoms with Gasteiger partial charge in [-0.1, -0.05) is 24.4 Å². The Bertz CT molecular complexity index is 124. The van der Waals surface area contributed by atoms with E-state index in [1.54, 1.807) is 0 Å². The SMILES string of the molecule is [Mn].[NH3+]SC(=S)CCC(=S)S[NH3+]. The zero-order valence-electron chi connectivity index (χ0n) is 5.84. The van der Waals surface area contributed by atoms with E-state index in [1.807, 2.05) is 0 Å². The third kappa shape index (κ3) is 9.23. The summed E-state index contributed by atoms with van der Waals surface area (Å²) >= 11 is 12.6. The second-order valence-corrected chi connectivity index (χ2v) is 4.60. The number of quaternary nitrogens is 2. The summed E-state index contributed by atoms with van der Waals surface area (Å²) in [6.07, 6.45) is 1.70. The maximum atomic E-state index is 4.93. The molecule has 1 radical (unpaired) electrons. The number of hydrogen-bond donors (Lipinski definition) is 2. The molecular weight excluding hydrogens is 259 g/mol. The molecule has 0 aromatic rings. The number of hydrogen-bond acceptors (Lipinski definition) is 4. The molecule has 0 aliphatic heterocycles. The van der Waals surface area contributed by atoms with Gasteiger partial charge in [-0.05, 0) is 12.8 Å². The van der Waals surface area contributed by atoms with E-state index in [4.69, 9.17) is 24.4 Å². The van der Waals surface area contributed by atoms with E-state index in [0.29, 0.717) is 0 Å². The van der Waals surface area contributed by atoms with Crippen LogP contribution in [0.25, 0.3) is 0 Å². The van der Waals surface area contributed by atoms with Crippen LogP contribution in [0.2, 0.25) is 0 Å². The van der Waals surface area contributed by atoms with Crippen molar-refractivity contribution in [1.29, 1.82) is 0 Å². The molecule has 0 atom stereocenters. The first-order valence-electron chi connectivity index (χ1n) is 2.60. The van der Waals surface area contributed by atoms with Crippen molar-refractivity contribution in [1.82, 2.24) is 0 Å². The fourth-order valence-corrected chi connectivity index (χ4v) is 1.05. The summed E-state index contributed by atoms with van der Waals surface area (Å²) in [6.45, 7) is 0. The molecule has 11 heavy (non-hydrogen) atoms. The summed E-state index contributed by atoms with van der Waals surface area (Å²) in [5, 5.41) is 7.20. The molecule has 0 unspecified atom stereocenters. The smallest absolute Gasteiger partial charge is 0.114 e. The minimum Gasteiger partial charge on any atom is -0.291 e. The maximum absolute atomic E-state index is 4.93. The van der Waals surface area contributed by atoms with Crippen molar-refractivity contribution >= 4 is 56.7 Å². The van der Waals surface area contributed by atoms with Crippen molar-refractivity contribution < 1.29 is 27.3 Å². The van der Waals surface area contributed by atoms with E-state index < -0.39 is 0 Å². The van der Waals surface area contributed by atoms with E-state index in [1.165, 1.54) is 23.9 Å². The average Bonchev–Trinajstić information content (AvgIpc) is 1.99. The largest absolute Gasteiger partial charge is 0.291 e. The van der Waals surface area contributed by atoms with Crippen molar-refractivity contribution in [2.75, 3.05) is 0 Å². The van der Waals surface area contributed by atoms with Gasteiger partial charge in [-0.2, -0.15) is 0 Å². The molecular formula is C4H10MnN2S4+2. The molecule has 0 bridgehead atoms. The molecule has 7 heteroatoms. The quantitative estimate of drug-likeness (QED) is 0.436. The second kappa shape index (κ2) is 9.41. The first-order chi connectivity index (χ1) is 4.70. The topological polar surface area (TPSA) is 55.3 Å². The van der Waals surface area contributed by atoms with Crippen molar-refractivity contribution in [3.63, 3.8) is 0 Å². The van der Waals surface area contributed by atoms with Gasteiger partial charge in [-0.3, -0.25) is 10.3 Å². The molecule has 0 saturated heterocycles. The summed E-state index contributed by atoms with van der Waals surface area (Å²) in [6, 6.07) is 0. The van der Waals surface area contributed by atoms with E-state index >= 15 is 0 Å². The standard InChI is InChI=1S/C4H8N2S4.Mn/c5-9-3(7)1-2-4(8)10-6;/h1-2,5-6H2;/p+2. The fraction of sp³-hybridized carbons (Fsp3) is 0.500. The molecule has 6 N–H and O–H groups in total. The average molecular weight is 269 g/mol. The van der Waals surface area contributed by atoms with E-state index in [0.717, 1.165) is 21.2 Å². The maximum Gasteiger partial charge on any atom is 0.114 e. The Balaban J connectivity index is 0. The van der Waals surface area contributed by atoms with Crippen LogP contribution in [0.1, 0.15) is 12.8 Å². The van der Waals surface area contributed by atoms with Gasteiger partial charge in [-0.25, -0.2) is 0 Å². The van der Waals surface area contributed by atoms with Gasteiger partial charge in [0, 0.05) is 17.1 Å². The summed E-state index contributed by atoms with van der Waals surface area (Å²) < 4.78 is 1.83. The van der Waals surface area contributed by atoms with Crippen LogP contribution in [-0.2, 0) is 17.1 Å². The number of rotatable bonds is 3. The first kappa shape index (κ1) is 14.8. The molecule has 0 rings (SSSR count). The monoisotopic (exact) mass is 269 g/mol. The predicted octanol–water partition coefficient (Wildman–Crippen LogP) is 0.199. The van der Waals surface area contributed by atoms with Gasteiger partial charge in [0.2, 0.25) is 0 Å². The molecule has 0 aliphatic rings. The van der Waals surface area contributed by atoms with Crippen LogP contribution >= 0.6 is 48.3 Å². The van der Waals surface area contributed by atoms with Crippen LogP contribution in [0, 0.1) is 0 Å². The molecule has 0 aromatic carbocycles. The van der Waals surface area contributed by atoms with Crippen LogP contribution < -0.4 is 10.3 Å². The second-order valence-electron chi connectivity index (χ2n) is 1.53. The number of thiocarbonyl (C=S) groups is 2. The van der Waals surface area contributed by atoms with Crippen LogP contribution in [0.15, 0.2) is 0 Å². The van der Waals surface area contributed by atoms with E-state index in [-0.39, 0.29) is 17.1 Å². The summed E-state index contributed by atoms with van der Waals surface area (Å²) in [7, 11) is 0. The Morgan fingerprint density at radius 1 is 1.00 bits per heavy atom. The molecule has 2 nitrogen and oxygen atoms in total. The molecule has 0 amide bonds. The molecule has 0 spiro atoms. The van der Waals surface area contributed by atoms with Gasteiger partial charge < -0.3 is 0 Å². The molecule has 65 valence electrons. The van der Waals surface area contributed by atoms with Gasteiger partial charge in [-0.15, -0.1) is 0 Å². The fourth-order valence-electron chi connectivity index (χ4n) is 0.348. The van der Waals surface area contributed by atoms with Crippen LogP contribution in [-0.4, -0.2) is 8.39 Å². The predicted molar refractivity (Wildman–Crippen MR) is 55.4 cm³/mol. The first-order valence-corrected chi connectivity index (χ1v) is 5.39. The summed E-state index contributed by atoms with van der Waals surface area (Å²) in [5.74, 6) is 0. The Labute approximate surface area is 96.3 Å².